The largest absolute Gasteiger partial charge is 0.348 e. The van der Waals surface area contributed by atoms with E-state index in [0.717, 1.165) is 4.90 Å². The van der Waals surface area contributed by atoms with Gasteiger partial charge in [0.2, 0.25) is 0 Å². The summed E-state index contributed by atoms with van der Waals surface area (Å²) in [5, 5.41) is 0. The Morgan fingerprint density at radius 2 is 2.08 bits per heavy atom. The second-order valence-corrected chi connectivity index (χ2v) is 3.68. The van der Waals surface area contributed by atoms with E-state index in [2.05, 4.69) is 4.29 Å². The summed E-state index contributed by atoms with van der Waals surface area (Å²) in [5.41, 5.74) is 0. The molecule has 0 aliphatic carbocycles. The molecule has 0 unspecified atom stereocenters. The molecule has 0 saturated carbocycles. The van der Waals surface area contributed by atoms with Gasteiger partial charge in [-0.25, -0.2) is 0 Å². The molecule has 0 heterocycles. The van der Waals surface area contributed by atoms with Gasteiger partial charge < -0.3 is 4.29 Å². The van der Waals surface area contributed by atoms with Gasteiger partial charge in [-0.3, -0.25) is 4.79 Å². The average Bonchev–Trinajstić information content (AvgIpc) is 2.19. The van der Waals surface area contributed by atoms with E-state index in [-0.39, 0.29) is 5.97 Å². The summed E-state index contributed by atoms with van der Waals surface area (Å²) in [6.07, 6.45) is 0.336. The minimum Gasteiger partial charge on any atom is -0.348 e. The Balaban J connectivity index is 2.24. The maximum absolute atomic E-state index is 10.6. The molecule has 0 aliphatic rings. The molecule has 0 N–H and O–H groups in total. The van der Waals surface area contributed by atoms with Crippen LogP contribution in [0.5, 0.6) is 0 Å². The normalized spacial score (nSPS) is 9.62. The first-order chi connectivity index (χ1) is 6.33. The van der Waals surface area contributed by atoms with Gasteiger partial charge in [-0.1, -0.05) is 18.2 Å². The zero-order chi connectivity index (χ0) is 9.52. The fourth-order valence-electron chi connectivity index (χ4n) is 0.808. The molecular formula is C9H9ClO2S. The summed E-state index contributed by atoms with van der Waals surface area (Å²) in [5.74, 6) is 0.306. The molecule has 0 radical (unpaired) electrons. The van der Waals surface area contributed by atoms with Gasteiger partial charge in [0, 0.05) is 10.6 Å². The van der Waals surface area contributed by atoms with Crippen LogP contribution in [0, 0.1) is 0 Å². The van der Waals surface area contributed by atoms with Crippen LogP contribution in [0.3, 0.4) is 0 Å². The molecule has 2 nitrogen and oxygen atoms in total. The highest BCUT2D eigenvalue weighted by Crippen LogP contribution is 2.17. The summed E-state index contributed by atoms with van der Waals surface area (Å²) in [4.78, 5) is 11.8. The van der Waals surface area contributed by atoms with Crippen molar-refractivity contribution >= 4 is 29.6 Å². The Morgan fingerprint density at radius 1 is 1.38 bits per heavy atom. The van der Waals surface area contributed by atoms with Crippen LogP contribution in [0.25, 0.3) is 0 Å². The maximum atomic E-state index is 10.6. The highest BCUT2D eigenvalue weighted by atomic mass is 35.5. The summed E-state index contributed by atoms with van der Waals surface area (Å²) in [7, 11) is 0. The molecular weight excluding hydrogens is 208 g/mol. The molecule has 70 valence electrons. The van der Waals surface area contributed by atoms with Crippen LogP contribution in [-0.2, 0) is 9.08 Å². The van der Waals surface area contributed by atoms with Gasteiger partial charge in [0.25, 0.3) is 0 Å². The van der Waals surface area contributed by atoms with Crippen molar-refractivity contribution < 1.29 is 9.08 Å². The Labute approximate surface area is 86.4 Å². The van der Waals surface area contributed by atoms with Crippen molar-refractivity contribution in [3.63, 3.8) is 0 Å². The summed E-state index contributed by atoms with van der Waals surface area (Å²) < 4.78 is 4.01. The minimum absolute atomic E-state index is 0.336. The third-order valence-electron chi connectivity index (χ3n) is 1.40. The molecule has 0 aromatic heterocycles. The van der Waals surface area contributed by atoms with E-state index in [1.807, 2.05) is 30.3 Å². The van der Waals surface area contributed by atoms with E-state index >= 15 is 0 Å². The number of hydrogen-bond acceptors (Lipinski definition) is 3. The van der Waals surface area contributed by atoms with E-state index in [1.54, 1.807) is 11.8 Å². The van der Waals surface area contributed by atoms with Crippen LogP contribution in [0.2, 0.25) is 0 Å². The molecule has 1 aromatic carbocycles. The van der Waals surface area contributed by atoms with E-state index in [1.165, 1.54) is 0 Å². The van der Waals surface area contributed by atoms with Crippen molar-refractivity contribution in [3.05, 3.63) is 30.3 Å². The fourth-order valence-corrected chi connectivity index (χ4v) is 1.74. The lowest BCUT2D eigenvalue weighted by Crippen LogP contribution is -1.97. The lowest BCUT2D eigenvalue weighted by atomic mass is 10.4. The number of rotatable bonds is 4. The van der Waals surface area contributed by atoms with Crippen LogP contribution >= 0.6 is 23.6 Å². The molecule has 1 aromatic rings. The van der Waals surface area contributed by atoms with Crippen LogP contribution in [0.4, 0.5) is 0 Å². The second-order valence-electron chi connectivity index (χ2n) is 2.36. The quantitative estimate of drug-likeness (QED) is 0.724. The van der Waals surface area contributed by atoms with E-state index in [0.29, 0.717) is 12.2 Å². The first-order valence-electron chi connectivity index (χ1n) is 3.82. The molecule has 0 aliphatic heterocycles. The molecule has 0 amide bonds. The second kappa shape index (κ2) is 5.89. The predicted molar refractivity (Wildman–Crippen MR) is 53.7 cm³/mol. The minimum atomic E-state index is -0.384. The highest BCUT2D eigenvalue weighted by molar-refractivity contribution is 7.99. The molecule has 0 spiro atoms. The van der Waals surface area contributed by atoms with Gasteiger partial charge in [0.15, 0.2) is 0 Å². The van der Waals surface area contributed by atoms with Crippen LogP contribution in [0.1, 0.15) is 6.42 Å². The lowest BCUT2D eigenvalue weighted by Gasteiger charge is -1.98. The smallest absolute Gasteiger partial charge is 0.325 e. The van der Waals surface area contributed by atoms with E-state index < -0.39 is 0 Å². The zero-order valence-corrected chi connectivity index (χ0v) is 8.48. The molecule has 1 rings (SSSR count). The van der Waals surface area contributed by atoms with E-state index in [9.17, 15) is 4.79 Å². The number of benzene rings is 1. The highest BCUT2D eigenvalue weighted by Gasteiger charge is 2.01. The number of carbonyl (C=O) groups excluding carboxylic acids is 1. The Bertz CT molecular complexity index is 264. The van der Waals surface area contributed by atoms with Crippen molar-refractivity contribution in [1.82, 2.24) is 0 Å². The van der Waals surface area contributed by atoms with Crippen LogP contribution in [0.15, 0.2) is 35.2 Å². The van der Waals surface area contributed by atoms with Crippen molar-refractivity contribution in [1.29, 1.82) is 0 Å². The Kier molecular flexibility index (Phi) is 4.72. The van der Waals surface area contributed by atoms with Gasteiger partial charge in [-0.05, 0) is 12.1 Å². The Morgan fingerprint density at radius 3 is 2.69 bits per heavy atom. The summed E-state index contributed by atoms with van der Waals surface area (Å²) in [6.45, 7) is 0. The van der Waals surface area contributed by atoms with Crippen molar-refractivity contribution in [2.75, 3.05) is 5.75 Å². The Hall–Kier alpha value is -0.670. The molecule has 0 saturated heterocycles. The summed E-state index contributed by atoms with van der Waals surface area (Å²) >= 11 is 6.48. The zero-order valence-electron chi connectivity index (χ0n) is 6.90. The third kappa shape index (κ3) is 4.20. The van der Waals surface area contributed by atoms with Gasteiger partial charge in [0.05, 0.1) is 6.42 Å². The first kappa shape index (κ1) is 10.4. The number of carbonyl (C=O) groups is 1. The monoisotopic (exact) mass is 216 g/mol. The van der Waals surface area contributed by atoms with Gasteiger partial charge in [0.1, 0.15) is 11.9 Å². The average molecular weight is 217 g/mol. The molecule has 0 fully saturated rings. The summed E-state index contributed by atoms with van der Waals surface area (Å²) in [6, 6.07) is 9.87. The molecule has 4 heteroatoms. The molecule has 13 heavy (non-hydrogen) atoms. The SMILES string of the molecule is O=C(CCSc1ccccc1)OCl. The fraction of sp³-hybridized carbons (Fsp3) is 0.222. The topological polar surface area (TPSA) is 26.3 Å². The van der Waals surface area contributed by atoms with Crippen LogP contribution in [-0.4, -0.2) is 11.7 Å². The molecule has 0 atom stereocenters. The lowest BCUT2D eigenvalue weighted by molar-refractivity contribution is -0.133. The number of hydrogen-bond donors (Lipinski definition) is 0. The predicted octanol–water partition coefficient (Wildman–Crippen LogP) is 2.87. The third-order valence-corrected chi connectivity index (χ3v) is 2.59. The van der Waals surface area contributed by atoms with Crippen molar-refractivity contribution in [2.24, 2.45) is 0 Å². The number of halogens is 1. The van der Waals surface area contributed by atoms with Crippen molar-refractivity contribution in [2.45, 2.75) is 11.3 Å². The van der Waals surface area contributed by atoms with Gasteiger partial charge >= 0.3 is 5.97 Å². The standard InChI is InChI=1S/C9H9ClO2S/c10-12-9(11)6-7-13-8-4-2-1-3-5-8/h1-5H,6-7H2. The van der Waals surface area contributed by atoms with Crippen molar-refractivity contribution in [3.8, 4) is 0 Å². The van der Waals surface area contributed by atoms with Gasteiger partial charge in [-0.15, -0.1) is 11.8 Å². The van der Waals surface area contributed by atoms with Crippen LogP contribution < -0.4 is 0 Å². The maximum Gasteiger partial charge on any atom is 0.325 e. The first-order valence-corrected chi connectivity index (χ1v) is 5.11. The van der Waals surface area contributed by atoms with E-state index in [4.69, 9.17) is 11.9 Å². The van der Waals surface area contributed by atoms with Gasteiger partial charge in [-0.2, -0.15) is 0 Å². The molecule has 0 bridgehead atoms. The number of thioether (sulfide) groups is 1.